The van der Waals surface area contributed by atoms with Crippen molar-refractivity contribution in [2.45, 2.75) is 25.7 Å². The third-order valence-corrected chi connectivity index (χ3v) is 7.83. The number of hydrogen-bond donors (Lipinski definition) is 2. The van der Waals surface area contributed by atoms with Crippen LogP contribution in [0.25, 0.3) is 10.9 Å². The van der Waals surface area contributed by atoms with Crippen LogP contribution >= 0.6 is 0 Å². The number of pyridine rings is 1. The van der Waals surface area contributed by atoms with Crippen LogP contribution in [-0.4, -0.2) is 67.0 Å². The van der Waals surface area contributed by atoms with Gasteiger partial charge in [0, 0.05) is 48.7 Å². The highest BCUT2D eigenvalue weighted by Crippen LogP contribution is 2.34. The molecular formula is C31H35FN6O3. The number of nitrogens with zero attached hydrogens (tertiary/aromatic N) is 4. The second kappa shape index (κ2) is 12.4. The zero-order chi connectivity index (χ0) is 28.9. The minimum atomic E-state index is -1.01. The van der Waals surface area contributed by atoms with Crippen molar-refractivity contribution in [3.63, 3.8) is 0 Å². The van der Waals surface area contributed by atoms with Crippen molar-refractivity contribution < 1.29 is 18.7 Å². The number of carbonyl (C=O) groups is 2. The molecule has 2 aromatic heterocycles. The van der Waals surface area contributed by atoms with E-state index in [4.69, 9.17) is 4.74 Å². The number of anilines is 3. The molecule has 214 valence electrons. The first-order valence-electron chi connectivity index (χ1n) is 13.8. The molecule has 0 saturated carbocycles. The monoisotopic (exact) mass is 558 g/mol. The van der Waals surface area contributed by atoms with Gasteiger partial charge in [0.2, 0.25) is 6.86 Å². The zero-order valence-electron chi connectivity index (χ0n) is 23.6. The fourth-order valence-corrected chi connectivity index (χ4v) is 5.38. The molecule has 1 saturated heterocycles. The number of likely N-dealkylation sites (tertiary alicyclic amines) is 1. The number of benzene rings is 2. The number of piperidine rings is 1. The summed E-state index contributed by atoms with van der Waals surface area (Å²) in [4.78, 5) is 34.0. The van der Waals surface area contributed by atoms with E-state index in [1.807, 2.05) is 42.3 Å². The maximum Gasteiger partial charge on any atom is 0.325 e. The van der Waals surface area contributed by atoms with Crippen molar-refractivity contribution in [3.05, 3.63) is 78.1 Å². The number of aromatic nitrogens is 2. The molecule has 0 spiro atoms. The SMILES string of the molecule is CCN1CCC(c2ccc(C(=O)Nc3cc(N(C)c4ccc5c(c4)c(OCF)cn5C(=O)NC)ccn3)cc2)CC1. The highest BCUT2D eigenvalue weighted by Gasteiger charge is 2.20. The molecule has 0 radical (unpaired) electrons. The van der Waals surface area contributed by atoms with Gasteiger partial charge in [0.1, 0.15) is 11.6 Å². The minimum Gasteiger partial charge on any atom is -0.461 e. The second-order valence-corrected chi connectivity index (χ2v) is 10.1. The summed E-state index contributed by atoms with van der Waals surface area (Å²) in [6, 6.07) is 16.6. The van der Waals surface area contributed by atoms with E-state index in [1.54, 1.807) is 18.3 Å². The largest absolute Gasteiger partial charge is 0.461 e. The van der Waals surface area contributed by atoms with E-state index in [9.17, 15) is 14.0 Å². The van der Waals surface area contributed by atoms with Crippen molar-refractivity contribution in [2.24, 2.45) is 0 Å². The van der Waals surface area contributed by atoms with Gasteiger partial charge in [-0.25, -0.2) is 14.2 Å². The molecule has 3 heterocycles. The van der Waals surface area contributed by atoms with Crippen LogP contribution < -0.4 is 20.3 Å². The van der Waals surface area contributed by atoms with Crippen LogP contribution in [0.5, 0.6) is 5.75 Å². The van der Waals surface area contributed by atoms with Crippen molar-refractivity contribution in [1.29, 1.82) is 0 Å². The third kappa shape index (κ3) is 6.02. The van der Waals surface area contributed by atoms with Gasteiger partial charge in [-0.3, -0.25) is 9.36 Å². The molecule has 5 rings (SSSR count). The normalized spacial score (nSPS) is 14.1. The van der Waals surface area contributed by atoms with E-state index < -0.39 is 6.86 Å². The maximum absolute atomic E-state index is 13.0. The molecule has 0 aliphatic carbocycles. The van der Waals surface area contributed by atoms with Gasteiger partial charge in [-0.2, -0.15) is 0 Å². The molecule has 1 fully saturated rings. The molecule has 2 aromatic carbocycles. The first-order chi connectivity index (χ1) is 19.9. The van der Waals surface area contributed by atoms with E-state index in [0.717, 1.165) is 43.9 Å². The van der Waals surface area contributed by atoms with Gasteiger partial charge < -0.3 is 25.2 Å². The van der Waals surface area contributed by atoms with Crippen LogP contribution in [0, 0.1) is 0 Å². The lowest BCUT2D eigenvalue weighted by atomic mass is 9.89. The Balaban J connectivity index is 1.30. The van der Waals surface area contributed by atoms with Gasteiger partial charge in [0.15, 0.2) is 0 Å². The van der Waals surface area contributed by atoms with Crippen LogP contribution in [0.4, 0.5) is 26.4 Å². The zero-order valence-corrected chi connectivity index (χ0v) is 23.6. The molecule has 9 nitrogen and oxygen atoms in total. The van der Waals surface area contributed by atoms with Gasteiger partial charge in [-0.15, -0.1) is 0 Å². The Kier molecular flexibility index (Phi) is 8.49. The number of nitrogens with one attached hydrogen (secondary N) is 2. The summed E-state index contributed by atoms with van der Waals surface area (Å²) in [6.07, 6.45) is 5.38. The fraction of sp³-hybridized carbons (Fsp3) is 0.323. The Labute approximate surface area is 238 Å². The number of carbonyl (C=O) groups excluding carboxylic acids is 2. The van der Waals surface area contributed by atoms with E-state index in [0.29, 0.717) is 28.2 Å². The standard InChI is InChI=1S/C31H35FN6O3/c1-4-37-15-12-22(13-16-37)21-5-7-23(8-6-21)30(39)35-29-18-25(11-14-34-29)36(3)24-9-10-27-26(17-24)28(41-20-32)19-38(27)31(40)33-2/h5-11,14,17-19,22H,4,12-13,15-16,20H2,1-3H3,(H,33,40)(H,34,35,39). The van der Waals surface area contributed by atoms with Gasteiger partial charge in [-0.05, 0) is 80.4 Å². The number of fused-ring (bicyclic) bond motifs is 1. The van der Waals surface area contributed by atoms with Gasteiger partial charge in [-0.1, -0.05) is 19.1 Å². The highest BCUT2D eigenvalue weighted by molar-refractivity contribution is 6.04. The molecule has 0 unspecified atom stereocenters. The first-order valence-corrected chi connectivity index (χ1v) is 13.8. The molecule has 4 aromatic rings. The van der Waals surface area contributed by atoms with E-state index in [-0.39, 0.29) is 17.7 Å². The Hall–Kier alpha value is -4.44. The number of rotatable bonds is 8. The third-order valence-electron chi connectivity index (χ3n) is 7.83. The molecular weight excluding hydrogens is 523 g/mol. The summed E-state index contributed by atoms with van der Waals surface area (Å²) in [5.41, 5.74) is 4.00. The number of alkyl halides is 1. The summed E-state index contributed by atoms with van der Waals surface area (Å²) in [7, 11) is 3.40. The predicted octanol–water partition coefficient (Wildman–Crippen LogP) is 5.75. The van der Waals surface area contributed by atoms with Crippen molar-refractivity contribution in [3.8, 4) is 5.75 Å². The van der Waals surface area contributed by atoms with E-state index >= 15 is 0 Å². The number of amides is 2. The summed E-state index contributed by atoms with van der Waals surface area (Å²) in [5.74, 6) is 0.991. The topological polar surface area (TPSA) is 91.7 Å². The predicted molar refractivity (Wildman–Crippen MR) is 159 cm³/mol. The lowest BCUT2D eigenvalue weighted by Gasteiger charge is -2.31. The van der Waals surface area contributed by atoms with Gasteiger partial charge in [0.25, 0.3) is 5.91 Å². The Morgan fingerprint density at radius 1 is 1.07 bits per heavy atom. The lowest BCUT2D eigenvalue weighted by Crippen LogP contribution is -2.32. The molecule has 1 aliphatic heterocycles. The van der Waals surface area contributed by atoms with Crippen molar-refractivity contribution >= 4 is 40.0 Å². The van der Waals surface area contributed by atoms with Crippen LogP contribution in [0.2, 0.25) is 0 Å². The summed E-state index contributed by atoms with van der Waals surface area (Å²) in [6.45, 7) is 4.51. The average Bonchev–Trinajstić information content (AvgIpc) is 3.38. The van der Waals surface area contributed by atoms with Crippen LogP contribution in [-0.2, 0) is 0 Å². The smallest absolute Gasteiger partial charge is 0.325 e. The van der Waals surface area contributed by atoms with Crippen LogP contribution in [0.3, 0.4) is 0 Å². The van der Waals surface area contributed by atoms with Crippen molar-refractivity contribution in [2.75, 3.05) is 50.8 Å². The first kappa shape index (κ1) is 28.1. The molecule has 2 amide bonds. The quantitative estimate of drug-likeness (QED) is 0.286. The number of hydrogen-bond acceptors (Lipinski definition) is 6. The van der Waals surface area contributed by atoms with E-state index in [1.165, 1.54) is 23.4 Å². The van der Waals surface area contributed by atoms with Gasteiger partial charge in [0.05, 0.1) is 11.7 Å². The summed E-state index contributed by atoms with van der Waals surface area (Å²) < 4.78 is 19.6. The number of ether oxygens (including phenoxy) is 1. The lowest BCUT2D eigenvalue weighted by molar-refractivity contribution is 0.102. The summed E-state index contributed by atoms with van der Waals surface area (Å²) in [5, 5.41) is 6.07. The fourth-order valence-electron chi connectivity index (χ4n) is 5.38. The second-order valence-electron chi connectivity index (χ2n) is 10.1. The molecule has 2 N–H and O–H groups in total. The maximum atomic E-state index is 13.0. The molecule has 0 bridgehead atoms. The van der Waals surface area contributed by atoms with Gasteiger partial charge >= 0.3 is 6.03 Å². The van der Waals surface area contributed by atoms with Crippen LogP contribution in [0.15, 0.2) is 67.0 Å². The highest BCUT2D eigenvalue weighted by atomic mass is 19.1. The molecule has 0 atom stereocenters. The molecule has 1 aliphatic rings. The Morgan fingerprint density at radius 3 is 2.49 bits per heavy atom. The van der Waals surface area contributed by atoms with Crippen molar-refractivity contribution in [1.82, 2.24) is 19.8 Å². The molecule has 10 heteroatoms. The number of halogens is 1. The molecule has 41 heavy (non-hydrogen) atoms. The Bertz CT molecular complexity index is 1530. The Morgan fingerprint density at radius 2 is 1.80 bits per heavy atom. The summed E-state index contributed by atoms with van der Waals surface area (Å²) >= 11 is 0. The average molecular weight is 559 g/mol. The van der Waals surface area contributed by atoms with E-state index in [2.05, 4.69) is 39.6 Å². The minimum absolute atomic E-state index is 0.227. The van der Waals surface area contributed by atoms with Crippen LogP contribution in [0.1, 0.15) is 41.6 Å².